The molecule has 5 nitrogen and oxygen atoms in total. The van der Waals surface area contributed by atoms with Gasteiger partial charge >= 0.3 is 0 Å². The lowest BCUT2D eigenvalue weighted by Gasteiger charge is -2.30. The Morgan fingerprint density at radius 2 is 1.92 bits per heavy atom. The molecular weight excluding hydrogens is 316 g/mol. The van der Waals surface area contributed by atoms with Gasteiger partial charge in [0.05, 0.1) is 13.5 Å². The zero-order chi connectivity index (χ0) is 17.8. The first-order valence-corrected chi connectivity index (χ1v) is 8.40. The number of methoxy groups -OCH3 is 1. The second kappa shape index (κ2) is 7.38. The number of fused-ring (bicyclic) bond motifs is 1. The molecule has 0 spiro atoms. The minimum Gasteiger partial charge on any atom is -0.497 e. The number of hydrogen-bond donors (Lipinski definition) is 1. The third kappa shape index (κ3) is 3.99. The second-order valence-corrected chi connectivity index (χ2v) is 6.20. The van der Waals surface area contributed by atoms with Crippen molar-refractivity contribution in [3.05, 3.63) is 53.6 Å². The maximum atomic E-state index is 12.8. The van der Waals surface area contributed by atoms with Crippen LogP contribution in [0.3, 0.4) is 0 Å². The van der Waals surface area contributed by atoms with E-state index in [0.717, 1.165) is 47.6 Å². The molecule has 0 saturated carbocycles. The van der Waals surface area contributed by atoms with E-state index in [1.807, 2.05) is 47.4 Å². The molecule has 0 radical (unpaired) electrons. The third-order valence-electron chi connectivity index (χ3n) is 4.34. The molecule has 0 aliphatic carbocycles. The fraction of sp³-hybridized carbons (Fsp3) is 0.300. The van der Waals surface area contributed by atoms with Gasteiger partial charge in [-0.15, -0.1) is 0 Å². The predicted octanol–water partition coefficient (Wildman–Crippen LogP) is 3.18. The highest BCUT2D eigenvalue weighted by Gasteiger charge is 2.22. The molecule has 0 atom stereocenters. The molecule has 5 heteroatoms. The summed E-state index contributed by atoms with van der Waals surface area (Å²) in [5.41, 5.74) is 3.80. The lowest BCUT2D eigenvalue weighted by atomic mass is 10.0. The van der Waals surface area contributed by atoms with E-state index < -0.39 is 0 Å². The lowest BCUT2D eigenvalue weighted by Crippen LogP contribution is -2.36. The highest BCUT2D eigenvalue weighted by Crippen LogP contribution is 2.31. The summed E-state index contributed by atoms with van der Waals surface area (Å²) in [6.45, 7) is 2.21. The molecule has 2 amide bonds. The lowest BCUT2D eigenvalue weighted by molar-refractivity contribution is -0.118. The Balaban J connectivity index is 1.73. The monoisotopic (exact) mass is 338 g/mol. The van der Waals surface area contributed by atoms with Crippen LogP contribution in [0.2, 0.25) is 0 Å². The van der Waals surface area contributed by atoms with Crippen molar-refractivity contribution in [1.29, 1.82) is 0 Å². The molecular formula is C20H22N2O3. The Hall–Kier alpha value is -2.82. The van der Waals surface area contributed by atoms with Crippen molar-refractivity contribution < 1.29 is 14.3 Å². The smallest absolute Gasteiger partial charge is 0.231 e. The molecule has 0 fully saturated rings. The summed E-state index contributed by atoms with van der Waals surface area (Å²) in [6, 6.07) is 13.3. The number of aryl methyl sites for hydroxylation is 1. The van der Waals surface area contributed by atoms with Gasteiger partial charge in [-0.1, -0.05) is 12.1 Å². The maximum Gasteiger partial charge on any atom is 0.231 e. The highest BCUT2D eigenvalue weighted by molar-refractivity contribution is 5.96. The van der Waals surface area contributed by atoms with E-state index in [1.54, 1.807) is 7.11 Å². The average molecular weight is 338 g/mol. The predicted molar refractivity (Wildman–Crippen MR) is 98.1 cm³/mol. The van der Waals surface area contributed by atoms with Crippen LogP contribution in [0.5, 0.6) is 5.75 Å². The SMILES string of the molecule is COc1ccc2c(c1)CCCN2C(=O)Cc1ccc(NC(C)=O)cc1. The normalized spacial score (nSPS) is 13.1. The van der Waals surface area contributed by atoms with Gasteiger partial charge in [0, 0.05) is 24.8 Å². The average Bonchev–Trinajstić information content (AvgIpc) is 2.61. The molecule has 1 aliphatic rings. The standard InChI is InChI=1S/C20H22N2O3/c1-14(23)21-17-7-5-15(6-8-17)12-20(24)22-11-3-4-16-13-18(25-2)9-10-19(16)22/h5-10,13H,3-4,11-12H2,1-2H3,(H,21,23). The van der Waals surface area contributed by atoms with E-state index in [-0.39, 0.29) is 11.8 Å². The van der Waals surface area contributed by atoms with Crippen LogP contribution in [-0.4, -0.2) is 25.5 Å². The minimum absolute atomic E-state index is 0.0818. The number of carbonyl (C=O) groups excluding carboxylic acids is 2. The molecule has 3 rings (SSSR count). The number of carbonyl (C=O) groups is 2. The van der Waals surface area contributed by atoms with Gasteiger partial charge in [-0.3, -0.25) is 9.59 Å². The first kappa shape index (κ1) is 17.0. The molecule has 0 aromatic heterocycles. The van der Waals surface area contributed by atoms with Crippen LogP contribution in [0.4, 0.5) is 11.4 Å². The minimum atomic E-state index is -0.107. The number of nitrogens with one attached hydrogen (secondary N) is 1. The number of amides is 2. The van der Waals surface area contributed by atoms with E-state index in [4.69, 9.17) is 4.74 Å². The van der Waals surface area contributed by atoms with E-state index in [0.29, 0.717) is 6.42 Å². The molecule has 1 aliphatic heterocycles. The fourth-order valence-electron chi connectivity index (χ4n) is 3.14. The summed E-state index contributed by atoms with van der Waals surface area (Å²) >= 11 is 0. The quantitative estimate of drug-likeness (QED) is 0.931. The Labute approximate surface area is 147 Å². The van der Waals surface area contributed by atoms with Crippen LogP contribution >= 0.6 is 0 Å². The number of ether oxygens (including phenoxy) is 1. The van der Waals surface area contributed by atoms with Crippen molar-refractivity contribution in [2.75, 3.05) is 23.9 Å². The number of benzene rings is 2. The van der Waals surface area contributed by atoms with Gasteiger partial charge in [0.25, 0.3) is 0 Å². The van der Waals surface area contributed by atoms with Gasteiger partial charge in [0.2, 0.25) is 11.8 Å². The van der Waals surface area contributed by atoms with Gasteiger partial charge in [0.1, 0.15) is 5.75 Å². The zero-order valence-electron chi connectivity index (χ0n) is 14.5. The van der Waals surface area contributed by atoms with Crippen LogP contribution < -0.4 is 15.0 Å². The maximum absolute atomic E-state index is 12.8. The third-order valence-corrected chi connectivity index (χ3v) is 4.34. The Bertz CT molecular complexity index is 784. The molecule has 0 bridgehead atoms. The van der Waals surface area contributed by atoms with Crippen LogP contribution in [0.25, 0.3) is 0 Å². The van der Waals surface area contributed by atoms with Gasteiger partial charge in [-0.2, -0.15) is 0 Å². The highest BCUT2D eigenvalue weighted by atomic mass is 16.5. The molecule has 0 unspecified atom stereocenters. The number of anilines is 2. The van der Waals surface area contributed by atoms with Crippen molar-refractivity contribution in [3.8, 4) is 5.75 Å². The number of rotatable bonds is 4. The molecule has 0 saturated heterocycles. The number of hydrogen-bond acceptors (Lipinski definition) is 3. The van der Waals surface area contributed by atoms with E-state index in [9.17, 15) is 9.59 Å². The van der Waals surface area contributed by atoms with Crippen LogP contribution in [0.1, 0.15) is 24.5 Å². The van der Waals surface area contributed by atoms with Crippen molar-refractivity contribution >= 4 is 23.2 Å². The van der Waals surface area contributed by atoms with Crippen molar-refractivity contribution in [2.24, 2.45) is 0 Å². The summed E-state index contributed by atoms with van der Waals surface area (Å²) in [5.74, 6) is 0.796. The molecule has 2 aromatic rings. The summed E-state index contributed by atoms with van der Waals surface area (Å²) in [7, 11) is 1.65. The molecule has 1 heterocycles. The van der Waals surface area contributed by atoms with Gasteiger partial charge in [0.15, 0.2) is 0 Å². The Kier molecular flexibility index (Phi) is 5.03. The summed E-state index contributed by atoms with van der Waals surface area (Å²) in [4.78, 5) is 25.7. The van der Waals surface area contributed by atoms with Crippen molar-refractivity contribution in [3.63, 3.8) is 0 Å². The first-order chi connectivity index (χ1) is 12.1. The summed E-state index contributed by atoms with van der Waals surface area (Å²) in [5, 5.41) is 2.73. The largest absolute Gasteiger partial charge is 0.497 e. The Morgan fingerprint density at radius 1 is 1.16 bits per heavy atom. The zero-order valence-corrected chi connectivity index (χ0v) is 14.5. The van der Waals surface area contributed by atoms with Gasteiger partial charge < -0.3 is 15.0 Å². The van der Waals surface area contributed by atoms with Gasteiger partial charge in [-0.05, 0) is 54.3 Å². The summed E-state index contributed by atoms with van der Waals surface area (Å²) in [6.07, 6.45) is 2.25. The van der Waals surface area contributed by atoms with Crippen molar-refractivity contribution in [1.82, 2.24) is 0 Å². The van der Waals surface area contributed by atoms with E-state index in [1.165, 1.54) is 6.92 Å². The molecule has 2 aromatic carbocycles. The topological polar surface area (TPSA) is 58.6 Å². The molecule has 1 N–H and O–H groups in total. The van der Waals surface area contributed by atoms with Crippen LogP contribution in [0, 0.1) is 0 Å². The Morgan fingerprint density at radius 3 is 2.60 bits per heavy atom. The molecule has 25 heavy (non-hydrogen) atoms. The fourth-order valence-corrected chi connectivity index (χ4v) is 3.14. The number of nitrogens with zero attached hydrogens (tertiary/aromatic N) is 1. The van der Waals surface area contributed by atoms with E-state index >= 15 is 0 Å². The van der Waals surface area contributed by atoms with Crippen molar-refractivity contribution in [2.45, 2.75) is 26.2 Å². The first-order valence-electron chi connectivity index (χ1n) is 8.40. The summed E-state index contributed by atoms with van der Waals surface area (Å²) < 4.78 is 5.28. The van der Waals surface area contributed by atoms with Crippen LogP contribution in [-0.2, 0) is 22.4 Å². The molecule has 130 valence electrons. The van der Waals surface area contributed by atoms with Crippen LogP contribution in [0.15, 0.2) is 42.5 Å². The second-order valence-electron chi connectivity index (χ2n) is 6.20. The van der Waals surface area contributed by atoms with E-state index in [2.05, 4.69) is 5.32 Å². The van der Waals surface area contributed by atoms with Gasteiger partial charge in [-0.25, -0.2) is 0 Å².